The maximum absolute atomic E-state index is 12.2. The Morgan fingerprint density at radius 1 is 1.35 bits per heavy atom. The van der Waals surface area contributed by atoms with E-state index in [9.17, 15) is 14.0 Å². The molecule has 0 heterocycles. The van der Waals surface area contributed by atoms with Crippen LogP contribution in [-0.4, -0.2) is 35.5 Å². The van der Waals surface area contributed by atoms with Gasteiger partial charge in [-0.2, -0.15) is 0 Å². The normalized spacial score (nSPS) is 11.8. The molecule has 1 rings (SSSR count). The monoisotopic (exact) mass is 257 g/mol. The summed E-state index contributed by atoms with van der Waals surface area (Å²) in [6.45, 7) is -1.11. The van der Waals surface area contributed by atoms with E-state index in [1.165, 1.54) is 11.8 Å². The summed E-state index contributed by atoms with van der Waals surface area (Å²) < 4.78 is 12.2. The average molecular weight is 257 g/mol. The SMILES string of the molecule is O=C(CSc1ccccc1)NC(CF)C(=O)O. The number of thioether (sulfide) groups is 1. The third-order valence-corrected chi connectivity index (χ3v) is 2.91. The third-order valence-electron chi connectivity index (χ3n) is 1.90. The number of carbonyl (C=O) groups excluding carboxylic acids is 1. The molecule has 0 radical (unpaired) electrons. The third kappa shape index (κ3) is 4.86. The molecule has 92 valence electrons. The van der Waals surface area contributed by atoms with Crippen LogP contribution >= 0.6 is 11.8 Å². The average Bonchev–Trinajstić information content (AvgIpc) is 2.34. The summed E-state index contributed by atoms with van der Waals surface area (Å²) in [4.78, 5) is 22.7. The molecule has 0 aliphatic carbocycles. The molecule has 1 amide bonds. The molecule has 0 saturated carbocycles. The summed E-state index contributed by atoms with van der Waals surface area (Å²) in [7, 11) is 0. The number of nitrogens with one attached hydrogen (secondary N) is 1. The Bertz CT molecular complexity index is 386. The maximum atomic E-state index is 12.2. The van der Waals surface area contributed by atoms with Crippen molar-refractivity contribution in [2.75, 3.05) is 12.4 Å². The Labute approximate surface area is 102 Å². The quantitative estimate of drug-likeness (QED) is 0.754. The standard InChI is InChI=1S/C11H12FNO3S/c12-6-9(11(15)16)13-10(14)7-17-8-4-2-1-3-5-8/h1-5,9H,6-7H2,(H,13,14)(H,15,16). The first-order valence-electron chi connectivity index (χ1n) is 4.89. The zero-order valence-corrected chi connectivity index (χ0v) is 9.74. The summed E-state index contributed by atoms with van der Waals surface area (Å²) in [6.07, 6.45) is 0. The minimum atomic E-state index is -1.46. The van der Waals surface area contributed by atoms with Crippen LogP contribution in [0.2, 0.25) is 0 Å². The number of carboxylic acid groups (broad SMARTS) is 1. The number of halogens is 1. The van der Waals surface area contributed by atoms with Crippen LogP contribution in [0, 0.1) is 0 Å². The molecule has 0 aliphatic heterocycles. The highest BCUT2D eigenvalue weighted by atomic mass is 32.2. The number of benzene rings is 1. The van der Waals surface area contributed by atoms with Gasteiger partial charge in [0.05, 0.1) is 5.75 Å². The molecule has 1 unspecified atom stereocenters. The molecular weight excluding hydrogens is 245 g/mol. The van der Waals surface area contributed by atoms with Crippen LogP contribution in [-0.2, 0) is 9.59 Å². The van der Waals surface area contributed by atoms with Gasteiger partial charge in [0.1, 0.15) is 6.67 Å². The number of hydrogen-bond acceptors (Lipinski definition) is 3. The van der Waals surface area contributed by atoms with Crippen molar-refractivity contribution in [3.05, 3.63) is 30.3 Å². The Hall–Kier alpha value is -1.56. The molecule has 0 saturated heterocycles. The van der Waals surface area contributed by atoms with Gasteiger partial charge in [-0.1, -0.05) is 18.2 Å². The van der Waals surface area contributed by atoms with E-state index in [0.717, 1.165) is 4.90 Å². The minimum Gasteiger partial charge on any atom is -0.480 e. The van der Waals surface area contributed by atoms with Gasteiger partial charge in [-0.25, -0.2) is 9.18 Å². The summed E-state index contributed by atoms with van der Waals surface area (Å²) in [5, 5.41) is 10.6. The van der Waals surface area contributed by atoms with E-state index < -0.39 is 24.6 Å². The Kier molecular flexibility index (Phi) is 5.48. The fourth-order valence-electron chi connectivity index (χ4n) is 1.07. The van der Waals surface area contributed by atoms with Crippen LogP contribution < -0.4 is 5.32 Å². The van der Waals surface area contributed by atoms with E-state index in [0.29, 0.717) is 0 Å². The van der Waals surface area contributed by atoms with E-state index >= 15 is 0 Å². The summed E-state index contributed by atoms with van der Waals surface area (Å²) in [5.41, 5.74) is 0. The number of alkyl halides is 1. The van der Waals surface area contributed by atoms with Crippen molar-refractivity contribution in [3.8, 4) is 0 Å². The van der Waals surface area contributed by atoms with Crippen molar-refractivity contribution in [3.63, 3.8) is 0 Å². The van der Waals surface area contributed by atoms with Gasteiger partial charge in [-0.15, -0.1) is 11.8 Å². The highest BCUT2D eigenvalue weighted by molar-refractivity contribution is 8.00. The van der Waals surface area contributed by atoms with Crippen LogP contribution in [0.4, 0.5) is 4.39 Å². The lowest BCUT2D eigenvalue weighted by molar-refractivity contribution is -0.141. The highest BCUT2D eigenvalue weighted by Gasteiger charge is 2.19. The Morgan fingerprint density at radius 3 is 2.53 bits per heavy atom. The van der Waals surface area contributed by atoms with E-state index in [1.54, 1.807) is 0 Å². The largest absolute Gasteiger partial charge is 0.480 e. The van der Waals surface area contributed by atoms with Gasteiger partial charge in [0.15, 0.2) is 6.04 Å². The lowest BCUT2D eigenvalue weighted by Gasteiger charge is -2.10. The fourth-order valence-corrected chi connectivity index (χ4v) is 1.80. The van der Waals surface area contributed by atoms with Crippen molar-refractivity contribution in [2.45, 2.75) is 10.9 Å². The van der Waals surface area contributed by atoms with Crippen molar-refractivity contribution < 1.29 is 19.1 Å². The number of rotatable bonds is 6. The molecule has 0 bridgehead atoms. The molecule has 0 fully saturated rings. The topological polar surface area (TPSA) is 66.4 Å². The first-order valence-corrected chi connectivity index (χ1v) is 5.88. The maximum Gasteiger partial charge on any atom is 0.328 e. The van der Waals surface area contributed by atoms with Crippen LogP contribution in [0.3, 0.4) is 0 Å². The van der Waals surface area contributed by atoms with Gasteiger partial charge in [-0.3, -0.25) is 4.79 Å². The van der Waals surface area contributed by atoms with Crippen molar-refractivity contribution in [2.24, 2.45) is 0 Å². The van der Waals surface area contributed by atoms with Gasteiger partial charge in [-0.05, 0) is 12.1 Å². The molecule has 4 nitrogen and oxygen atoms in total. The molecule has 6 heteroatoms. The Morgan fingerprint density at radius 2 is 2.00 bits per heavy atom. The van der Waals surface area contributed by atoms with E-state index in [2.05, 4.69) is 5.32 Å². The van der Waals surface area contributed by atoms with Gasteiger partial charge in [0.2, 0.25) is 5.91 Å². The second-order valence-corrected chi connectivity index (χ2v) is 4.26. The van der Waals surface area contributed by atoms with E-state index in [4.69, 9.17) is 5.11 Å². The lowest BCUT2D eigenvalue weighted by Crippen LogP contribution is -2.43. The smallest absolute Gasteiger partial charge is 0.328 e. The zero-order chi connectivity index (χ0) is 12.7. The molecule has 17 heavy (non-hydrogen) atoms. The summed E-state index contributed by atoms with van der Waals surface area (Å²) in [6, 6.07) is 7.74. The summed E-state index contributed by atoms with van der Waals surface area (Å²) in [5.74, 6) is -1.80. The predicted molar refractivity (Wildman–Crippen MR) is 62.7 cm³/mol. The number of aliphatic carboxylic acids is 1. The molecule has 0 aliphatic rings. The lowest BCUT2D eigenvalue weighted by atomic mass is 10.3. The van der Waals surface area contributed by atoms with Gasteiger partial charge < -0.3 is 10.4 Å². The molecule has 0 spiro atoms. The van der Waals surface area contributed by atoms with Crippen LogP contribution in [0.5, 0.6) is 0 Å². The minimum absolute atomic E-state index is 0.0633. The Balaban J connectivity index is 2.37. The van der Waals surface area contributed by atoms with Crippen molar-refractivity contribution in [1.29, 1.82) is 0 Å². The van der Waals surface area contributed by atoms with Gasteiger partial charge >= 0.3 is 5.97 Å². The molecule has 2 N–H and O–H groups in total. The number of carbonyl (C=O) groups is 2. The molecule has 0 aromatic heterocycles. The number of amides is 1. The second kappa shape index (κ2) is 6.90. The fraction of sp³-hybridized carbons (Fsp3) is 0.273. The molecule has 1 aromatic carbocycles. The highest BCUT2D eigenvalue weighted by Crippen LogP contribution is 2.16. The molecular formula is C11H12FNO3S. The second-order valence-electron chi connectivity index (χ2n) is 3.21. The number of hydrogen-bond donors (Lipinski definition) is 2. The van der Waals surface area contributed by atoms with Crippen molar-refractivity contribution in [1.82, 2.24) is 5.32 Å². The van der Waals surface area contributed by atoms with E-state index in [1.807, 2.05) is 30.3 Å². The first kappa shape index (κ1) is 13.5. The number of carboxylic acids is 1. The predicted octanol–water partition coefficient (Wildman–Crippen LogP) is 1.32. The van der Waals surface area contributed by atoms with Gasteiger partial charge in [0.25, 0.3) is 0 Å². The molecule has 1 aromatic rings. The zero-order valence-electron chi connectivity index (χ0n) is 8.93. The van der Waals surface area contributed by atoms with E-state index in [-0.39, 0.29) is 5.75 Å². The van der Waals surface area contributed by atoms with Crippen molar-refractivity contribution >= 4 is 23.6 Å². The van der Waals surface area contributed by atoms with Crippen LogP contribution in [0.1, 0.15) is 0 Å². The molecule has 1 atom stereocenters. The summed E-state index contributed by atoms with van der Waals surface area (Å²) >= 11 is 1.27. The first-order chi connectivity index (χ1) is 8.13. The van der Waals surface area contributed by atoms with Crippen LogP contribution in [0.25, 0.3) is 0 Å². The van der Waals surface area contributed by atoms with Crippen LogP contribution in [0.15, 0.2) is 35.2 Å². The van der Waals surface area contributed by atoms with Gasteiger partial charge in [0, 0.05) is 4.90 Å².